The van der Waals surface area contributed by atoms with E-state index in [-0.39, 0.29) is 11.8 Å². The zero-order valence-electron chi connectivity index (χ0n) is 15.7. The topological polar surface area (TPSA) is 67.2 Å². The lowest BCUT2D eigenvalue weighted by molar-refractivity contribution is -0.133. The predicted octanol–water partition coefficient (Wildman–Crippen LogP) is 2.36. The molecule has 0 aliphatic carbocycles. The van der Waals surface area contributed by atoms with Crippen LogP contribution in [0.2, 0.25) is 0 Å². The molecule has 0 saturated carbocycles. The SMILES string of the molecule is CCC(=O)NCCc1nc2ccccc2n1CC(=O)N1CCC(C)CC1. The number of benzene rings is 1. The lowest BCUT2D eigenvalue weighted by Crippen LogP contribution is -2.40. The molecule has 0 bridgehead atoms. The predicted molar refractivity (Wildman–Crippen MR) is 102 cm³/mol. The Bertz CT molecular complexity index is 775. The van der Waals surface area contributed by atoms with Gasteiger partial charge in [-0.05, 0) is 30.9 Å². The van der Waals surface area contributed by atoms with E-state index in [0.29, 0.717) is 31.8 Å². The molecule has 2 aromatic rings. The average Bonchev–Trinajstić information content (AvgIpc) is 2.99. The van der Waals surface area contributed by atoms with Crippen molar-refractivity contribution in [3.05, 3.63) is 30.1 Å². The number of amides is 2. The minimum Gasteiger partial charge on any atom is -0.356 e. The molecule has 0 radical (unpaired) electrons. The van der Waals surface area contributed by atoms with Gasteiger partial charge in [0.1, 0.15) is 12.4 Å². The van der Waals surface area contributed by atoms with Crippen molar-refractivity contribution >= 4 is 22.8 Å². The Morgan fingerprint density at radius 1 is 1.23 bits per heavy atom. The smallest absolute Gasteiger partial charge is 0.242 e. The molecule has 1 fully saturated rings. The van der Waals surface area contributed by atoms with Crippen LogP contribution in [-0.2, 0) is 22.6 Å². The Morgan fingerprint density at radius 2 is 1.96 bits per heavy atom. The van der Waals surface area contributed by atoms with Crippen molar-refractivity contribution in [1.82, 2.24) is 19.8 Å². The molecular formula is C20H28N4O2. The molecule has 1 aromatic heterocycles. The van der Waals surface area contributed by atoms with Gasteiger partial charge in [0, 0.05) is 32.5 Å². The minimum absolute atomic E-state index is 0.0335. The highest BCUT2D eigenvalue weighted by Gasteiger charge is 2.22. The summed E-state index contributed by atoms with van der Waals surface area (Å²) < 4.78 is 2.01. The number of carbonyl (C=O) groups excluding carboxylic acids is 2. The number of hydrogen-bond acceptors (Lipinski definition) is 3. The molecule has 1 saturated heterocycles. The molecule has 26 heavy (non-hydrogen) atoms. The van der Waals surface area contributed by atoms with Crippen molar-refractivity contribution in [1.29, 1.82) is 0 Å². The van der Waals surface area contributed by atoms with Gasteiger partial charge in [-0.3, -0.25) is 9.59 Å². The molecule has 3 rings (SSSR count). The summed E-state index contributed by atoms with van der Waals surface area (Å²) >= 11 is 0. The molecule has 2 heterocycles. The number of nitrogens with zero attached hydrogens (tertiary/aromatic N) is 3. The number of nitrogens with one attached hydrogen (secondary N) is 1. The third kappa shape index (κ3) is 4.23. The second-order valence-electron chi connectivity index (χ2n) is 7.12. The normalized spacial score (nSPS) is 15.4. The third-order valence-electron chi connectivity index (χ3n) is 5.16. The van der Waals surface area contributed by atoms with Crippen molar-refractivity contribution in [2.75, 3.05) is 19.6 Å². The van der Waals surface area contributed by atoms with E-state index in [1.807, 2.05) is 40.7 Å². The van der Waals surface area contributed by atoms with Gasteiger partial charge in [-0.2, -0.15) is 0 Å². The molecule has 0 atom stereocenters. The van der Waals surface area contributed by atoms with Crippen LogP contribution in [0.15, 0.2) is 24.3 Å². The van der Waals surface area contributed by atoms with Gasteiger partial charge >= 0.3 is 0 Å². The molecule has 6 heteroatoms. The maximum atomic E-state index is 12.8. The average molecular weight is 356 g/mol. The number of piperidine rings is 1. The van der Waals surface area contributed by atoms with E-state index in [2.05, 4.69) is 17.2 Å². The second kappa shape index (κ2) is 8.34. The number of likely N-dealkylation sites (tertiary alicyclic amines) is 1. The Labute approximate surface area is 154 Å². The highest BCUT2D eigenvalue weighted by molar-refractivity contribution is 5.81. The van der Waals surface area contributed by atoms with Gasteiger partial charge in [0.15, 0.2) is 0 Å². The number of para-hydroxylation sites is 2. The first kappa shape index (κ1) is 18.4. The second-order valence-corrected chi connectivity index (χ2v) is 7.12. The molecular weight excluding hydrogens is 328 g/mol. The lowest BCUT2D eigenvalue weighted by Gasteiger charge is -2.30. The Morgan fingerprint density at radius 3 is 2.69 bits per heavy atom. The first-order valence-corrected chi connectivity index (χ1v) is 9.57. The molecule has 1 aromatic carbocycles. The zero-order valence-corrected chi connectivity index (χ0v) is 15.7. The fourth-order valence-electron chi connectivity index (χ4n) is 3.42. The summed E-state index contributed by atoms with van der Waals surface area (Å²) in [5.41, 5.74) is 1.87. The van der Waals surface area contributed by atoms with E-state index in [4.69, 9.17) is 0 Å². The van der Waals surface area contributed by atoms with Crippen LogP contribution in [0.25, 0.3) is 11.0 Å². The van der Waals surface area contributed by atoms with E-state index >= 15 is 0 Å². The number of rotatable bonds is 6. The summed E-state index contributed by atoms with van der Waals surface area (Å²) in [4.78, 5) is 30.9. The van der Waals surface area contributed by atoms with Gasteiger partial charge in [-0.25, -0.2) is 4.98 Å². The van der Waals surface area contributed by atoms with Gasteiger partial charge in [0.2, 0.25) is 11.8 Å². The molecule has 1 aliphatic heterocycles. The molecule has 0 unspecified atom stereocenters. The van der Waals surface area contributed by atoms with Crippen LogP contribution in [0.5, 0.6) is 0 Å². The fourth-order valence-corrected chi connectivity index (χ4v) is 3.42. The van der Waals surface area contributed by atoms with Crippen molar-refractivity contribution in [2.24, 2.45) is 5.92 Å². The van der Waals surface area contributed by atoms with Crippen molar-refractivity contribution < 1.29 is 9.59 Å². The van der Waals surface area contributed by atoms with E-state index < -0.39 is 0 Å². The van der Waals surface area contributed by atoms with E-state index in [0.717, 1.165) is 42.8 Å². The van der Waals surface area contributed by atoms with Crippen LogP contribution in [0.1, 0.15) is 38.9 Å². The third-order valence-corrected chi connectivity index (χ3v) is 5.16. The molecule has 0 spiro atoms. The first-order chi connectivity index (χ1) is 12.6. The van der Waals surface area contributed by atoms with Gasteiger partial charge in [-0.1, -0.05) is 26.0 Å². The maximum Gasteiger partial charge on any atom is 0.242 e. The summed E-state index contributed by atoms with van der Waals surface area (Å²) in [6, 6.07) is 7.89. The van der Waals surface area contributed by atoms with E-state index in [1.54, 1.807) is 0 Å². The van der Waals surface area contributed by atoms with Crippen LogP contribution in [0.4, 0.5) is 0 Å². The number of hydrogen-bond donors (Lipinski definition) is 1. The molecule has 1 aliphatic rings. The maximum absolute atomic E-state index is 12.8. The van der Waals surface area contributed by atoms with Gasteiger partial charge in [-0.15, -0.1) is 0 Å². The van der Waals surface area contributed by atoms with Crippen molar-refractivity contribution in [2.45, 2.75) is 46.1 Å². The summed E-state index contributed by atoms with van der Waals surface area (Å²) in [6.45, 7) is 6.61. The van der Waals surface area contributed by atoms with E-state index in [1.165, 1.54) is 0 Å². The number of fused-ring (bicyclic) bond motifs is 1. The number of imidazole rings is 1. The quantitative estimate of drug-likeness (QED) is 0.864. The summed E-state index contributed by atoms with van der Waals surface area (Å²) in [5, 5.41) is 2.89. The van der Waals surface area contributed by atoms with Crippen LogP contribution in [-0.4, -0.2) is 45.9 Å². The fraction of sp³-hybridized carbons (Fsp3) is 0.550. The Kier molecular flexibility index (Phi) is 5.91. The lowest BCUT2D eigenvalue weighted by atomic mass is 9.99. The standard InChI is InChI=1S/C20H28N4O2/c1-3-19(25)21-11-8-18-22-16-6-4-5-7-17(16)24(18)14-20(26)23-12-9-15(2)10-13-23/h4-7,15H,3,8-14H2,1-2H3,(H,21,25). The van der Waals surface area contributed by atoms with Gasteiger partial charge in [0.05, 0.1) is 11.0 Å². The van der Waals surface area contributed by atoms with Crippen LogP contribution >= 0.6 is 0 Å². The summed E-state index contributed by atoms with van der Waals surface area (Å²) in [5.74, 6) is 1.73. The summed E-state index contributed by atoms with van der Waals surface area (Å²) in [6.07, 6.45) is 3.24. The van der Waals surface area contributed by atoms with Crippen LogP contribution in [0, 0.1) is 5.92 Å². The Hall–Kier alpha value is -2.37. The molecule has 1 N–H and O–H groups in total. The largest absolute Gasteiger partial charge is 0.356 e. The molecule has 140 valence electrons. The van der Waals surface area contributed by atoms with Gasteiger partial charge < -0.3 is 14.8 Å². The minimum atomic E-state index is 0.0335. The monoisotopic (exact) mass is 356 g/mol. The van der Waals surface area contributed by atoms with Crippen molar-refractivity contribution in [3.8, 4) is 0 Å². The highest BCUT2D eigenvalue weighted by Crippen LogP contribution is 2.19. The zero-order chi connectivity index (χ0) is 18.5. The van der Waals surface area contributed by atoms with Crippen LogP contribution in [0.3, 0.4) is 0 Å². The number of aromatic nitrogens is 2. The highest BCUT2D eigenvalue weighted by atomic mass is 16.2. The first-order valence-electron chi connectivity index (χ1n) is 9.57. The number of carbonyl (C=O) groups is 2. The van der Waals surface area contributed by atoms with Crippen molar-refractivity contribution in [3.63, 3.8) is 0 Å². The van der Waals surface area contributed by atoms with Gasteiger partial charge in [0.25, 0.3) is 0 Å². The Balaban J connectivity index is 1.75. The molecule has 2 amide bonds. The molecule has 6 nitrogen and oxygen atoms in total. The van der Waals surface area contributed by atoms with E-state index in [9.17, 15) is 9.59 Å². The van der Waals surface area contributed by atoms with Crippen LogP contribution < -0.4 is 5.32 Å². The summed E-state index contributed by atoms with van der Waals surface area (Å²) in [7, 11) is 0.